The second-order valence-electron chi connectivity index (χ2n) is 5.21. The van der Waals surface area contributed by atoms with Crippen LogP contribution >= 0.6 is 11.6 Å². The molecule has 0 amide bonds. The Labute approximate surface area is 119 Å². The van der Waals surface area contributed by atoms with Crippen molar-refractivity contribution in [1.82, 2.24) is 0 Å². The van der Waals surface area contributed by atoms with Crippen LogP contribution in [0.25, 0.3) is 0 Å². The monoisotopic (exact) mass is 272 g/mol. The van der Waals surface area contributed by atoms with E-state index in [1.54, 1.807) is 0 Å². The third kappa shape index (κ3) is 3.28. The van der Waals surface area contributed by atoms with E-state index in [0.717, 1.165) is 18.4 Å². The van der Waals surface area contributed by atoms with Crippen LogP contribution in [0.2, 0.25) is 5.02 Å². The van der Waals surface area contributed by atoms with Gasteiger partial charge in [0.15, 0.2) is 0 Å². The quantitative estimate of drug-likeness (QED) is 0.803. The van der Waals surface area contributed by atoms with Crippen LogP contribution in [-0.4, -0.2) is 0 Å². The van der Waals surface area contributed by atoms with Gasteiger partial charge in [-0.25, -0.2) is 0 Å². The molecule has 1 saturated carbocycles. The van der Waals surface area contributed by atoms with E-state index in [4.69, 9.17) is 11.6 Å². The third-order valence-corrected chi connectivity index (χ3v) is 4.30. The highest BCUT2D eigenvalue weighted by Crippen LogP contribution is 2.40. The zero-order valence-corrected chi connectivity index (χ0v) is 11.6. The molecule has 0 radical (unpaired) electrons. The van der Waals surface area contributed by atoms with Crippen LogP contribution in [-0.2, 0) is 0 Å². The SMILES string of the molecule is N#CC(C#N)C(c1ccc(Cl)cc1)C1CCCCC1. The highest BCUT2D eigenvalue weighted by molar-refractivity contribution is 6.30. The molecule has 1 atom stereocenters. The Bertz CT molecular complexity index is 475. The van der Waals surface area contributed by atoms with Crippen LogP contribution in [0.5, 0.6) is 0 Å². The minimum Gasteiger partial charge on any atom is -0.197 e. The lowest BCUT2D eigenvalue weighted by Crippen LogP contribution is -2.22. The first-order valence-electron chi connectivity index (χ1n) is 6.81. The molecule has 2 nitrogen and oxygen atoms in total. The Kier molecular flexibility index (Phi) is 4.83. The number of halogens is 1. The summed E-state index contributed by atoms with van der Waals surface area (Å²) in [6.07, 6.45) is 5.92. The molecule has 0 heterocycles. The first-order chi connectivity index (χ1) is 9.26. The van der Waals surface area contributed by atoms with E-state index in [1.165, 1.54) is 19.3 Å². The summed E-state index contributed by atoms with van der Waals surface area (Å²) in [4.78, 5) is 0. The van der Waals surface area contributed by atoms with Gasteiger partial charge in [0.2, 0.25) is 0 Å². The number of hydrogen-bond acceptors (Lipinski definition) is 2. The number of rotatable bonds is 3. The van der Waals surface area contributed by atoms with Gasteiger partial charge in [0.05, 0.1) is 12.1 Å². The van der Waals surface area contributed by atoms with E-state index in [2.05, 4.69) is 12.1 Å². The van der Waals surface area contributed by atoms with Gasteiger partial charge in [0, 0.05) is 10.9 Å². The van der Waals surface area contributed by atoms with Gasteiger partial charge in [-0.15, -0.1) is 0 Å². The Balaban J connectivity index is 2.31. The molecule has 0 saturated heterocycles. The average Bonchev–Trinajstić information content (AvgIpc) is 2.47. The van der Waals surface area contributed by atoms with Gasteiger partial charge in [-0.2, -0.15) is 10.5 Å². The summed E-state index contributed by atoms with van der Waals surface area (Å²) in [5.74, 6) is -0.101. The molecule has 1 aromatic carbocycles. The maximum Gasteiger partial charge on any atom is 0.140 e. The number of hydrogen-bond donors (Lipinski definition) is 0. The van der Waals surface area contributed by atoms with Crippen LogP contribution in [0.15, 0.2) is 24.3 Å². The molecule has 1 aromatic rings. The number of benzene rings is 1. The summed E-state index contributed by atoms with van der Waals surface area (Å²) in [5, 5.41) is 19.2. The number of nitrogens with zero attached hydrogens (tertiary/aromatic N) is 2. The Morgan fingerprint density at radius 2 is 1.58 bits per heavy atom. The van der Waals surface area contributed by atoms with Gasteiger partial charge in [-0.3, -0.25) is 0 Å². The van der Waals surface area contributed by atoms with Crippen LogP contribution in [0, 0.1) is 34.5 Å². The molecule has 1 fully saturated rings. The fourth-order valence-electron chi connectivity index (χ4n) is 3.10. The van der Waals surface area contributed by atoms with E-state index in [-0.39, 0.29) is 5.92 Å². The van der Waals surface area contributed by atoms with Gasteiger partial charge >= 0.3 is 0 Å². The Morgan fingerprint density at radius 1 is 1.00 bits per heavy atom. The lowest BCUT2D eigenvalue weighted by Gasteiger charge is -2.31. The maximum absolute atomic E-state index is 9.24. The van der Waals surface area contributed by atoms with Crippen molar-refractivity contribution in [3.05, 3.63) is 34.9 Å². The highest BCUT2D eigenvalue weighted by atomic mass is 35.5. The largest absolute Gasteiger partial charge is 0.197 e. The van der Waals surface area contributed by atoms with Crippen LogP contribution in [0.3, 0.4) is 0 Å². The number of nitriles is 2. The Morgan fingerprint density at radius 3 is 2.11 bits per heavy atom. The lowest BCUT2D eigenvalue weighted by molar-refractivity contribution is 0.287. The minimum atomic E-state index is -0.565. The zero-order chi connectivity index (χ0) is 13.7. The first-order valence-corrected chi connectivity index (χ1v) is 7.18. The van der Waals surface area contributed by atoms with Crippen molar-refractivity contribution < 1.29 is 0 Å². The molecule has 1 aliphatic rings. The molecule has 1 unspecified atom stereocenters. The normalized spacial score (nSPS) is 17.7. The molecule has 0 bridgehead atoms. The second kappa shape index (κ2) is 6.60. The van der Waals surface area contributed by atoms with Gasteiger partial charge in [-0.05, 0) is 36.5 Å². The summed E-state index contributed by atoms with van der Waals surface area (Å²) in [6.45, 7) is 0. The molecule has 19 heavy (non-hydrogen) atoms. The third-order valence-electron chi connectivity index (χ3n) is 4.05. The van der Waals surface area contributed by atoms with Gasteiger partial charge in [0.1, 0.15) is 5.92 Å². The molecule has 1 aliphatic carbocycles. The summed E-state index contributed by atoms with van der Waals surface area (Å²) in [6, 6.07) is 12.0. The van der Waals surface area contributed by atoms with Gasteiger partial charge < -0.3 is 0 Å². The van der Waals surface area contributed by atoms with Crippen molar-refractivity contribution >= 4 is 11.6 Å². The van der Waals surface area contributed by atoms with E-state index in [9.17, 15) is 10.5 Å². The van der Waals surface area contributed by atoms with E-state index >= 15 is 0 Å². The van der Waals surface area contributed by atoms with Crippen molar-refractivity contribution in [3.63, 3.8) is 0 Å². The molecule has 0 N–H and O–H groups in total. The highest BCUT2D eigenvalue weighted by Gasteiger charge is 2.32. The van der Waals surface area contributed by atoms with Crippen LogP contribution in [0.4, 0.5) is 0 Å². The molecule has 3 heteroatoms. The predicted molar refractivity (Wildman–Crippen MR) is 75.5 cm³/mol. The molecule has 0 aromatic heterocycles. The van der Waals surface area contributed by atoms with E-state index < -0.39 is 5.92 Å². The van der Waals surface area contributed by atoms with E-state index in [0.29, 0.717) is 10.9 Å². The van der Waals surface area contributed by atoms with Crippen molar-refractivity contribution in [3.8, 4) is 12.1 Å². The van der Waals surface area contributed by atoms with Crippen LogP contribution < -0.4 is 0 Å². The summed E-state index contributed by atoms with van der Waals surface area (Å²) in [5.41, 5.74) is 1.07. The van der Waals surface area contributed by atoms with Gasteiger partial charge in [-0.1, -0.05) is 43.0 Å². The molecule has 2 rings (SSSR count). The second-order valence-corrected chi connectivity index (χ2v) is 5.65. The van der Waals surface area contributed by atoms with Gasteiger partial charge in [0.25, 0.3) is 0 Å². The lowest BCUT2D eigenvalue weighted by atomic mass is 9.71. The molecular formula is C16H17ClN2. The Hall–Kier alpha value is -1.51. The minimum absolute atomic E-state index is 0.0209. The fourth-order valence-corrected chi connectivity index (χ4v) is 3.23. The van der Waals surface area contributed by atoms with Crippen molar-refractivity contribution in [2.75, 3.05) is 0 Å². The topological polar surface area (TPSA) is 47.6 Å². The van der Waals surface area contributed by atoms with Crippen molar-refractivity contribution in [1.29, 1.82) is 10.5 Å². The fraction of sp³-hybridized carbons (Fsp3) is 0.500. The summed E-state index contributed by atoms with van der Waals surface area (Å²) >= 11 is 5.92. The van der Waals surface area contributed by atoms with Crippen molar-refractivity contribution in [2.45, 2.75) is 38.0 Å². The van der Waals surface area contributed by atoms with E-state index in [1.807, 2.05) is 24.3 Å². The smallest absolute Gasteiger partial charge is 0.140 e. The molecular weight excluding hydrogens is 256 g/mol. The summed E-state index contributed by atoms with van der Waals surface area (Å²) in [7, 11) is 0. The molecule has 0 aliphatic heterocycles. The zero-order valence-electron chi connectivity index (χ0n) is 10.8. The standard InChI is InChI=1S/C16H17ClN2/c17-15-8-6-13(7-9-15)16(14(10-18)11-19)12-4-2-1-3-5-12/h6-9,12,14,16H,1-5H2. The molecule has 98 valence electrons. The van der Waals surface area contributed by atoms with Crippen molar-refractivity contribution in [2.24, 2.45) is 11.8 Å². The maximum atomic E-state index is 9.24. The first kappa shape index (κ1) is 13.9. The molecule has 0 spiro atoms. The average molecular weight is 273 g/mol. The predicted octanol–water partition coefficient (Wildman–Crippen LogP) is 4.67. The van der Waals surface area contributed by atoms with Crippen LogP contribution in [0.1, 0.15) is 43.6 Å². The summed E-state index contributed by atoms with van der Waals surface area (Å²) < 4.78 is 0.